The standard InChI is InChI=1S/C12H16Cl2N2/c1-8-2-4-16(5-3-8)12-7-10(14)9(13)6-11(12)15/h6-8H,2-5,15H2,1H3. The Labute approximate surface area is 106 Å². The summed E-state index contributed by atoms with van der Waals surface area (Å²) in [6, 6.07) is 3.60. The predicted molar refractivity (Wildman–Crippen MR) is 71.5 cm³/mol. The van der Waals surface area contributed by atoms with Crippen LogP contribution in [-0.4, -0.2) is 13.1 Å². The highest BCUT2D eigenvalue weighted by Crippen LogP contribution is 2.34. The largest absolute Gasteiger partial charge is 0.397 e. The second-order valence-electron chi connectivity index (χ2n) is 4.49. The van der Waals surface area contributed by atoms with Crippen molar-refractivity contribution >= 4 is 34.6 Å². The number of nitrogen functional groups attached to an aromatic ring is 1. The molecule has 2 rings (SSSR count). The second-order valence-corrected chi connectivity index (χ2v) is 5.31. The molecule has 0 aromatic heterocycles. The van der Waals surface area contributed by atoms with Crippen molar-refractivity contribution in [1.82, 2.24) is 0 Å². The average Bonchev–Trinajstić information content (AvgIpc) is 2.25. The van der Waals surface area contributed by atoms with E-state index in [4.69, 9.17) is 28.9 Å². The minimum Gasteiger partial charge on any atom is -0.397 e. The van der Waals surface area contributed by atoms with Crippen molar-refractivity contribution in [2.24, 2.45) is 5.92 Å². The van der Waals surface area contributed by atoms with Crippen molar-refractivity contribution in [1.29, 1.82) is 0 Å². The van der Waals surface area contributed by atoms with Crippen LogP contribution in [0.1, 0.15) is 19.8 Å². The van der Waals surface area contributed by atoms with Crippen molar-refractivity contribution < 1.29 is 0 Å². The maximum atomic E-state index is 6.02. The minimum absolute atomic E-state index is 0.522. The summed E-state index contributed by atoms with van der Waals surface area (Å²) in [5.41, 5.74) is 7.70. The quantitative estimate of drug-likeness (QED) is 0.777. The second kappa shape index (κ2) is 4.72. The van der Waals surface area contributed by atoms with Crippen molar-refractivity contribution in [3.8, 4) is 0 Å². The van der Waals surface area contributed by atoms with Crippen LogP contribution in [0.2, 0.25) is 10.0 Å². The van der Waals surface area contributed by atoms with E-state index in [1.807, 2.05) is 6.07 Å². The number of piperidine rings is 1. The van der Waals surface area contributed by atoms with Gasteiger partial charge in [0.2, 0.25) is 0 Å². The molecule has 0 aliphatic carbocycles. The Bertz CT molecular complexity index is 385. The fourth-order valence-electron chi connectivity index (χ4n) is 2.08. The van der Waals surface area contributed by atoms with E-state index in [0.29, 0.717) is 15.7 Å². The minimum atomic E-state index is 0.522. The van der Waals surface area contributed by atoms with E-state index in [-0.39, 0.29) is 0 Å². The first-order chi connectivity index (χ1) is 7.58. The molecule has 0 spiro atoms. The van der Waals surface area contributed by atoms with Gasteiger partial charge in [0.05, 0.1) is 21.4 Å². The van der Waals surface area contributed by atoms with Gasteiger partial charge in [0, 0.05) is 13.1 Å². The van der Waals surface area contributed by atoms with Gasteiger partial charge < -0.3 is 10.6 Å². The normalized spacial score (nSPS) is 17.8. The smallest absolute Gasteiger partial charge is 0.0615 e. The van der Waals surface area contributed by atoms with Gasteiger partial charge in [0.1, 0.15) is 0 Å². The number of nitrogens with zero attached hydrogens (tertiary/aromatic N) is 1. The van der Waals surface area contributed by atoms with Gasteiger partial charge in [0.25, 0.3) is 0 Å². The zero-order valence-electron chi connectivity index (χ0n) is 9.34. The Morgan fingerprint density at radius 2 is 1.75 bits per heavy atom. The molecule has 1 aromatic rings. The van der Waals surface area contributed by atoms with Crippen molar-refractivity contribution in [3.05, 3.63) is 22.2 Å². The van der Waals surface area contributed by atoms with E-state index < -0.39 is 0 Å². The number of rotatable bonds is 1. The fourth-order valence-corrected chi connectivity index (χ4v) is 2.41. The van der Waals surface area contributed by atoms with E-state index >= 15 is 0 Å². The molecule has 0 amide bonds. The predicted octanol–water partition coefficient (Wildman–Crippen LogP) is 3.81. The summed E-state index contributed by atoms with van der Waals surface area (Å²) in [6.45, 7) is 4.38. The molecule has 0 atom stereocenters. The van der Waals surface area contributed by atoms with Gasteiger partial charge >= 0.3 is 0 Å². The van der Waals surface area contributed by atoms with Crippen LogP contribution >= 0.6 is 23.2 Å². The maximum Gasteiger partial charge on any atom is 0.0615 e. The highest BCUT2D eigenvalue weighted by molar-refractivity contribution is 6.42. The van der Waals surface area contributed by atoms with Gasteiger partial charge in [0.15, 0.2) is 0 Å². The maximum absolute atomic E-state index is 6.02. The highest BCUT2D eigenvalue weighted by Gasteiger charge is 2.18. The molecule has 0 saturated carbocycles. The zero-order valence-corrected chi connectivity index (χ0v) is 10.9. The molecule has 88 valence electrons. The van der Waals surface area contributed by atoms with Crippen LogP contribution in [0.5, 0.6) is 0 Å². The van der Waals surface area contributed by atoms with Gasteiger partial charge in [-0.05, 0) is 30.9 Å². The number of anilines is 2. The topological polar surface area (TPSA) is 29.3 Å². The van der Waals surface area contributed by atoms with Gasteiger partial charge in [-0.3, -0.25) is 0 Å². The molecule has 2 N–H and O–H groups in total. The van der Waals surface area contributed by atoms with Crippen LogP contribution < -0.4 is 10.6 Å². The lowest BCUT2D eigenvalue weighted by atomic mass is 9.98. The van der Waals surface area contributed by atoms with E-state index in [0.717, 1.165) is 24.7 Å². The van der Waals surface area contributed by atoms with Gasteiger partial charge in [-0.2, -0.15) is 0 Å². The van der Waals surface area contributed by atoms with Crippen molar-refractivity contribution in [3.63, 3.8) is 0 Å². The van der Waals surface area contributed by atoms with E-state index in [1.165, 1.54) is 12.8 Å². The van der Waals surface area contributed by atoms with E-state index in [9.17, 15) is 0 Å². The SMILES string of the molecule is CC1CCN(c2cc(Cl)c(Cl)cc2N)CC1. The highest BCUT2D eigenvalue weighted by atomic mass is 35.5. The lowest BCUT2D eigenvalue weighted by Gasteiger charge is -2.33. The van der Waals surface area contributed by atoms with Crippen LogP contribution in [0.4, 0.5) is 11.4 Å². The Hall–Kier alpha value is -0.600. The lowest BCUT2D eigenvalue weighted by Crippen LogP contribution is -2.33. The molecule has 2 nitrogen and oxygen atoms in total. The molecule has 1 aliphatic heterocycles. The molecule has 1 aliphatic rings. The van der Waals surface area contributed by atoms with Crippen molar-refractivity contribution in [2.45, 2.75) is 19.8 Å². The summed E-state index contributed by atoms with van der Waals surface area (Å²) >= 11 is 11.9. The third-order valence-electron chi connectivity index (χ3n) is 3.19. The molecule has 1 heterocycles. The lowest BCUT2D eigenvalue weighted by molar-refractivity contribution is 0.439. The van der Waals surface area contributed by atoms with Gasteiger partial charge in [-0.1, -0.05) is 30.1 Å². The van der Waals surface area contributed by atoms with Crippen LogP contribution in [0.3, 0.4) is 0 Å². The summed E-state index contributed by atoms with van der Waals surface area (Å²) in [5, 5.41) is 1.10. The molecular weight excluding hydrogens is 243 g/mol. The first-order valence-electron chi connectivity index (χ1n) is 5.57. The third-order valence-corrected chi connectivity index (χ3v) is 3.92. The van der Waals surface area contributed by atoms with Crippen LogP contribution in [-0.2, 0) is 0 Å². The number of hydrogen-bond acceptors (Lipinski definition) is 2. The molecule has 1 saturated heterocycles. The monoisotopic (exact) mass is 258 g/mol. The zero-order chi connectivity index (χ0) is 11.7. The molecule has 1 fully saturated rings. The number of benzene rings is 1. The number of nitrogens with two attached hydrogens (primary N) is 1. The summed E-state index contributed by atoms with van der Waals surface area (Å²) in [4.78, 5) is 2.29. The molecule has 1 aromatic carbocycles. The number of hydrogen-bond donors (Lipinski definition) is 1. The first kappa shape index (κ1) is 11.9. The van der Waals surface area contributed by atoms with E-state index in [2.05, 4.69) is 11.8 Å². The van der Waals surface area contributed by atoms with Gasteiger partial charge in [-0.25, -0.2) is 0 Å². The molecular formula is C12H16Cl2N2. The average molecular weight is 259 g/mol. The van der Waals surface area contributed by atoms with E-state index in [1.54, 1.807) is 6.07 Å². The molecule has 0 bridgehead atoms. The Morgan fingerprint density at radius 1 is 1.19 bits per heavy atom. The Morgan fingerprint density at radius 3 is 2.38 bits per heavy atom. The molecule has 0 radical (unpaired) electrons. The fraction of sp³-hybridized carbons (Fsp3) is 0.500. The summed E-state index contributed by atoms with van der Waals surface area (Å²) in [7, 11) is 0. The van der Waals surface area contributed by atoms with Crippen molar-refractivity contribution in [2.75, 3.05) is 23.7 Å². The van der Waals surface area contributed by atoms with Crippen LogP contribution in [0, 0.1) is 5.92 Å². The summed E-state index contributed by atoms with van der Waals surface area (Å²) in [6.07, 6.45) is 2.42. The summed E-state index contributed by atoms with van der Waals surface area (Å²) < 4.78 is 0. The molecule has 16 heavy (non-hydrogen) atoms. The number of halogens is 2. The van der Waals surface area contributed by atoms with Crippen LogP contribution in [0.25, 0.3) is 0 Å². The Kier molecular flexibility index (Phi) is 3.50. The Balaban J connectivity index is 2.23. The summed E-state index contributed by atoms with van der Waals surface area (Å²) in [5.74, 6) is 0.806. The molecule has 4 heteroatoms. The van der Waals surface area contributed by atoms with Crippen LogP contribution in [0.15, 0.2) is 12.1 Å². The van der Waals surface area contributed by atoms with Gasteiger partial charge in [-0.15, -0.1) is 0 Å². The third kappa shape index (κ3) is 2.38. The molecule has 0 unspecified atom stereocenters. The first-order valence-corrected chi connectivity index (χ1v) is 6.33.